The van der Waals surface area contributed by atoms with Crippen LogP contribution in [0.4, 0.5) is 0 Å². The lowest BCUT2D eigenvalue weighted by atomic mass is 10.3. The molecule has 0 spiro atoms. The van der Waals surface area contributed by atoms with Gasteiger partial charge in [0.2, 0.25) is 0 Å². The van der Waals surface area contributed by atoms with E-state index in [9.17, 15) is 4.79 Å². The maximum Gasteiger partial charge on any atom is 0.279 e. The first-order chi connectivity index (χ1) is 8.99. The van der Waals surface area contributed by atoms with Crippen molar-refractivity contribution in [1.82, 2.24) is 24.4 Å². The Bertz CT molecular complexity index is 842. The van der Waals surface area contributed by atoms with Crippen molar-refractivity contribution >= 4 is 17.0 Å². The summed E-state index contributed by atoms with van der Waals surface area (Å²) < 4.78 is 3.37. The smallest absolute Gasteiger partial charge is 0.267 e. The molecule has 0 saturated heterocycles. The van der Waals surface area contributed by atoms with Crippen LogP contribution in [0.25, 0.3) is 16.2 Å². The van der Waals surface area contributed by atoms with Crippen LogP contribution in [0, 0.1) is 20.8 Å². The van der Waals surface area contributed by atoms with Crippen LogP contribution in [0.3, 0.4) is 0 Å². The molecule has 0 aliphatic heterocycles. The molecule has 0 aliphatic carbocycles. The average Bonchev–Trinajstić information content (AvgIpc) is 2.83. The largest absolute Gasteiger partial charge is 0.279 e. The summed E-state index contributed by atoms with van der Waals surface area (Å²) in [7, 11) is 1.73. The van der Waals surface area contributed by atoms with Crippen LogP contribution in [-0.4, -0.2) is 24.4 Å². The number of rotatable bonds is 1. The Kier molecular flexibility index (Phi) is 2.53. The van der Waals surface area contributed by atoms with Crippen LogP contribution in [0.1, 0.15) is 16.4 Å². The van der Waals surface area contributed by atoms with Gasteiger partial charge in [-0.25, -0.2) is 14.2 Å². The highest BCUT2D eigenvalue weighted by Gasteiger charge is 2.20. The maximum absolute atomic E-state index is 12.4. The van der Waals surface area contributed by atoms with Crippen molar-refractivity contribution in [2.24, 2.45) is 7.05 Å². The first-order valence-corrected chi connectivity index (χ1v) is 6.67. The van der Waals surface area contributed by atoms with Gasteiger partial charge in [0.05, 0.1) is 0 Å². The zero-order chi connectivity index (χ0) is 13.7. The van der Waals surface area contributed by atoms with Crippen molar-refractivity contribution in [1.29, 1.82) is 0 Å². The van der Waals surface area contributed by atoms with Crippen molar-refractivity contribution in [3.8, 4) is 10.6 Å². The molecule has 0 saturated carbocycles. The predicted molar refractivity (Wildman–Crippen MR) is 73.5 cm³/mol. The molecule has 0 aliphatic rings. The average molecular weight is 275 g/mol. The Morgan fingerprint density at radius 3 is 2.58 bits per heavy atom. The Balaban J connectivity index is 2.49. The van der Waals surface area contributed by atoms with E-state index in [1.54, 1.807) is 16.2 Å². The van der Waals surface area contributed by atoms with Crippen LogP contribution in [0.5, 0.6) is 0 Å². The Morgan fingerprint density at radius 2 is 1.95 bits per heavy atom. The summed E-state index contributed by atoms with van der Waals surface area (Å²) in [5, 5.41) is 9.51. The van der Waals surface area contributed by atoms with E-state index in [0.717, 1.165) is 16.4 Å². The number of hydrogen-bond acceptors (Lipinski definition) is 5. The van der Waals surface area contributed by atoms with Crippen LogP contribution in [0.2, 0.25) is 0 Å². The van der Waals surface area contributed by atoms with Crippen LogP contribution in [-0.2, 0) is 7.05 Å². The van der Waals surface area contributed by atoms with Crippen LogP contribution in [0.15, 0.2) is 10.9 Å². The first-order valence-electron chi connectivity index (χ1n) is 5.85. The summed E-state index contributed by atoms with van der Waals surface area (Å²) in [5.41, 5.74) is 2.92. The lowest BCUT2D eigenvalue weighted by Crippen LogP contribution is -2.17. The number of fused-ring (bicyclic) bond motifs is 1. The highest BCUT2D eigenvalue weighted by atomic mass is 32.1. The highest BCUT2D eigenvalue weighted by molar-refractivity contribution is 7.14. The van der Waals surface area contributed by atoms with E-state index in [0.29, 0.717) is 16.2 Å². The second kappa shape index (κ2) is 3.99. The fraction of sp³-hybridized carbons (Fsp3) is 0.333. The fourth-order valence-corrected chi connectivity index (χ4v) is 2.97. The molecule has 3 aromatic rings. The second-order valence-electron chi connectivity index (χ2n) is 4.50. The third-order valence-corrected chi connectivity index (χ3v) is 3.86. The molecule has 0 atom stereocenters. The third kappa shape index (κ3) is 1.69. The van der Waals surface area contributed by atoms with Gasteiger partial charge in [0, 0.05) is 18.4 Å². The van der Waals surface area contributed by atoms with E-state index in [-0.39, 0.29) is 5.56 Å². The molecule has 6 nitrogen and oxygen atoms in total. The van der Waals surface area contributed by atoms with Gasteiger partial charge < -0.3 is 0 Å². The molecule has 0 radical (unpaired) electrons. The van der Waals surface area contributed by atoms with Gasteiger partial charge in [-0.2, -0.15) is 0 Å². The summed E-state index contributed by atoms with van der Waals surface area (Å²) in [5.74, 6) is 0. The zero-order valence-electron chi connectivity index (χ0n) is 11.1. The molecule has 0 bridgehead atoms. The van der Waals surface area contributed by atoms with E-state index < -0.39 is 0 Å². The third-order valence-electron chi connectivity index (χ3n) is 3.01. The van der Waals surface area contributed by atoms with Crippen molar-refractivity contribution < 1.29 is 0 Å². The van der Waals surface area contributed by atoms with Gasteiger partial charge in [-0.05, 0) is 26.8 Å². The molecule has 98 valence electrons. The summed E-state index contributed by atoms with van der Waals surface area (Å²) in [6, 6.07) is 1.95. The van der Waals surface area contributed by atoms with E-state index in [1.165, 1.54) is 11.3 Å². The Morgan fingerprint density at radius 1 is 1.21 bits per heavy atom. The lowest BCUT2D eigenvalue weighted by Gasteiger charge is -2.04. The predicted octanol–water partition coefficient (Wildman–Crippen LogP) is 1.48. The van der Waals surface area contributed by atoms with E-state index in [4.69, 9.17) is 0 Å². The highest BCUT2D eigenvalue weighted by Crippen LogP contribution is 2.24. The monoisotopic (exact) mass is 275 g/mol. The second-order valence-corrected chi connectivity index (χ2v) is 5.69. The maximum atomic E-state index is 12.4. The molecule has 3 rings (SSSR count). The Labute approximate surface area is 113 Å². The number of aryl methyl sites for hydroxylation is 4. The topological polar surface area (TPSA) is 65.1 Å². The minimum absolute atomic E-state index is 0.0997. The first kappa shape index (κ1) is 12.0. The molecule has 0 aromatic carbocycles. The molecule has 0 fully saturated rings. The minimum Gasteiger partial charge on any atom is -0.267 e. The van der Waals surface area contributed by atoms with Crippen molar-refractivity contribution in [3.05, 3.63) is 32.8 Å². The van der Waals surface area contributed by atoms with Crippen molar-refractivity contribution in [3.63, 3.8) is 0 Å². The molecule has 0 N–H and O–H groups in total. The quantitative estimate of drug-likeness (QED) is 0.674. The molecule has 7 heteroatoms. The minimum atomic E-state index is -0.0997. The SMILES string of the molecule is Cc1cc(C)n2c(n1)c(-c1nnc(C)s1)c(=O)n2C. The number of hydrogen-bond donors (Lipinski definition) is 0. The molecular weight excluding hydrogens is 262 g/mol. The summed E-state index contributed by atoms with van der Waals surface area (Å²) in [6.45, 7) is 5.74. The fourth-order valence-electron chi connectivity index (χ4n) is 2.25. The molecule has 3 heterocycles. The van der Waals surface area contributed by atoms with E-state index in [2.05, 4.69) is 15.2 Å². The summed E-state index contributed by atoms with van der Waals surface area (Å²) in [4.78, 5) is 16.9. The molecule has 0 unspecified atom stereocenters. The van der Waals surface area contributed by atoms with Gasteiger partial charge in [0.25, 0.3) is 5.56 Å². The summed E-state index contributed by atoms with van der Waals surface area (Å²) >= 11 is 1.41. The van der Waals surface area contributed by atoms with Gasteiger partial charge in [-0.1, -0.05) is 11.3 Å². The summed E-state index contributed by atoms with van der Waals surface area (Å²) in [6.07, 6.45) is 0. The number of nitrogens with zero attached hydrogens (tertiary/aromatic N) is 5. The molecular formula is C12H13N5OS. The van der Waals surface area contributed by atoms with Gasteiger partial charge >= 0.3 is 0 Å². The molecule has 19 heavy (non-hydrogen) atoms. The van der Waals surface area contributed by atoms with Gasteiger partial charge in [-0.3, -0.25) is 4.79 Å². The van der Waals surface area contributed by atoms with Crippen molar-refractivity contribution in [2.45, 2.75) is 20.8 Å². The lowest BCUT2D eigenvalue weighted by molar-refractivity contribution is 0.659. The van der Waals surface area contributed by atoms with Gasteiger partial charge in [0.15, 0.2) is 10.7 Å². The van der Waals surface area contributed by atoms with E-state index >= 15 is 0 Å². The van der Waals surface area contributed by atoms with Gasteiger partial charge in [0.1, 0.15) is 10.6 Å². The van der Waals surface area contributed by atoms with Crippen LogP contribution < -0.4 is 5.56 Å². The van der Waals surface area contributed by atoms with Gasteiger partial charge in [-0.15, -0.1) is 10.2 Å². The van der Waals surface area contributed by atoms with E-state index in [1.807, 2.05) is 26.8 Å². The van der Waals surface area contributed by atoms with Crippen molar-refractivity contribution in [2.75, 3.05) is 0 Å². The normalized spacial score (nSPS) is 11.4. The number of aromatic nitrogens is 5. The molecule has 0 amide bonds. The van der Waals surface area contributed by atoms with Crippen LogP contribution >= 0.6 is 11.3 Å². The Hall–Kier alpha value is -2.02. The zero-order valence-corrected chi connectivity index (χ0v) is 11.9. The standard InChI is InChI=1S/C12H13N5OS/c1-6-5-7(2)17-10(13-6)9(12(18)16(17)4)11-15-14-8(3)19-11/h5H,1-4H3. The molecule has 3 aromatic heterocycles.